The molecule has 0 aliphatic rings. The van der Waals surface area contributed by atoms with Gasteiger partial charge < -0.3 is 5.32 Å². The Morgan fingerprint density at radius 2 is 1.95 bits per heavy atom. The summed E-state index contributed by atoms with van der Waals surface area (Å²) in [6.45, 7) is 0.556. The van der Waals surface area contributed by atoms with Crippen molar-refractivity contribution in [2.24, 2.45) is 0 Å². The van der Waals surface area contributed by atoms with E-state index in [2.05, 4.69) is 10.0 Å². The molecule has 0 saturated heterocycles. The van der Waals surface area contributed by atoms with Gasteiger partial charge in [-0.3, -0.25) is 4.72 Å². The van der Waals surface area contributed by atoms with Gasteiger partial charge in [-0.15, -0.1) is 0 Å². The molecule has 112 valence electrons. The van der Waals surface area contributed by atoms with Crippen LogP contribution in [0.5, 0.6) is 0 Å². The molecule has 0 fully saturated rings. The Balaban J connectivity index is 2.31. The number of rotatable bonds is 5. The van der Waals surface area contributed by atoms with Gasteiger partial charge in [0, 0.05) is 6.54 Å². The van der Waals surface area contributed by atoms with Gasteiger partial charge in [0.2, 0.25) is 0 Å². The molecule has 0 bridgehead atoms. The number of hydrogen-bond donors (Lipinski definition) is 2. The van der Waals surface area contributed by atoms with Crippen LogP contribution in [-0.4, -0.2) is 15.5 Å². The van der Waals surface area contributed by atoms with E-state index in [9.17, 15) is 12.8 Å². The second-order valence-electron chi connectivity index (χ2n) is 4.41. The van der Waals surface area contributed by atoms with Gasteiger partial charge in [0.1, 0.15) is 5.82 Å². The molecule has 2 N–H and O–H groups in total. The fraction of sp³-hybridized carbons (Fsp3) is 0.143. The molecule has 2 rings (SSSR count). The molecule has 2 aromatic carbocycles. The Hall–Kier alpha value is -1.63. The standard InChI is InChI=1S/C14H14ClFN2O2S/c1-17-9-10-3-2-4-12(7-10)21(19,20)18-14-6-5-11(16)8-13(14)15/h2-8,17-18H,9H2,1H3. The highest BCUT2D eigenvalue weighted by Gasteiger charge is 2.16. The van der Waals surface area contributed by atoms with E-state index < -0.39 is 15.8 Å². The molecule has 7 heteroatoms. The summed E-state index contributed by atoms with van der Waals surface area (Å²) in [5.74, 6) is -0.529. The topological polar surface area (TPSA) is 58.2 Å². The zero-order chi connectivity index (χ0) is 15.5. The van der Waals surface area contributed by atoms with E-state index in [1.165, 1.54) is 12.1 Å². The molecule has 0 heterocycles. The summed E-state index contributed by atoms with van der Waals surface area (Å²) >= 11 is 5.83. The van der Waals surface area contributed by atoms with Crippen LogP contribution in [0, 0.1) is 5.82 Å². The third-order valence-electron chi connectivity index (χ3n) is 2.77. The third kappa shape index (κ3) is 3.93. The fourth-order valence-electron chi connectivity index (χ4n) is 1.80. The van der Waals surface area contributed by atoms with Crippen LogP contribution in [0.3, 0.4) is 0 Å². The predicted molar refractivity (Wildman–Crippen MR) is 81.4 cm³/mol. The first-order valence-corrected chi connectivity index (χ1v) is 8.00. The Morgan fingerprint density at radius 1 is 1.19 bits per heavy atom. The van der Waals surface area contributed by atoms with E-state index in [4.69, 9.17) is 11.6 Å². The van der Waals surface area contributed by atoms with Gasteiger partial charge in [-0.05, 0) is 42.9 Å². The second-order valence-corrected chi connectivity index (χ2v) is 6.50. The van der Waals surface area contributed by atoms with Crippen molar-refractivity contribution in [1.82, 2.24) is 5.32 Å². The van der Waals surface area contributed by atoms with Crippen LogP contribution in [0.1, 0.15) is 5.56 Å². The number of sulfonamides is 1. The lowest BCUT2D eigenvalue weighted by molar-refractivity contribution is 0.600. The first-order valence-electron chi connectivity index (χ1n) is 6.14. The molecule has 0 saturated carbocycles. The van der Waals surface area contributed by atoms with Gasteiger partial charge in [-0.1, -0.05) is 23.7 Å². The first-order chi connectivity index (χ1) is 9.92. The zero-order valence-corrected chi connectivity index (χ0v) is 12.8. The van der Waals surface area contributed by atoms with Crippen molar-refractivity contribution in [2.75, 3.05) is 11.8 Å². The van der Waals surface area contributed by atoms with Crippen LogP contribution in [-0.2, 0) is 16.6 Å². The van der Waals surface area contributed by atoms with Crippen LogP contribution >= 0.6 is 11.6 Å². The summed E-state index contributed by atoms with van der Waals surface area (Å²) < 4.78 is 39.9. The molecular formula is C14H14ClFN2O2S. The summed E-state index contributed by atoms with van der Waals surface area (Å²) in [6, 6.07) is 10.0. The molecule has 0 atom stereocenters. The monoisotopic (exact) mass is 328 g/mol. The Labute approximate surface area is 128 Å². The average molecular weight is 329 g/mol. The van der Waals surface area contributed by atoms with Crippen molar-refractivity contribution >= 4 is 27.3 Å². The molecule has 0 radical (unpaired) electrons. The van der Waals surface area contributed by atoms with Crippen LogP contribution in [0.4, 0.5) is 10.1 Å². The lowest BCUT2D eigenvalue weighted by Gasteiger charge is -2.10. The van der Waals surface area contributed by atoms with E-state index in [0.29, 0.717) is 6.54 Å². The number of halogens is 2. The van der Waals surface area contributed by atoms with E-state index in [1.807, 2.05) is 6.07 Å². The average Bonchev–Trinajstić information content (AvgIpc) is 2.43. The van der Waals surface area contributed by atoms with E-state index >= 15 is 0 Å². The second kappa shape index (κ2) is 6.43. The van der Waals surface area contributed by atoms with Crippen molar-refractivity contribution in [1.29, 1.82) is 0 Å². The summed E-state index contributed by atoms with van der Waals surface area (Å²) in [5.41, 5.74) is 0.975. The lowest BCUT2D eigenvalue weighted by Crippen LogP contribution is -2.14. The van der Waals surface area contributed by atoms with Gasteiger partial charge in [0.25, 0.3) is 10.0 Å². The number of hydrogen-bond acceptors (Lipinski definition) is 3. The quantitative estimate of drug-likeness (QED) is 0.887. The highest BCUT2D eigenvalue weighted by molar-refractivity contribution is 7.92. The highest BCUT2D eigenvalue weighted by Crippen LogP contribution is 2.25. The van der Waals surface area contributed by atoms with Gasteiger partial charge in [-0.2, -0.15) is 0 Å². The summed E-state index contributed by atoms with van der Waals surface area (Å²) in [5, 5.41) is 2.95. The van der Waals surface area contributed by atoms with E-state index in [0.717, 1.165) is 17.7 Å². The van der Waals surface area contributed by atoms with Gasteiger partial charge >= 0.3 is 0 Å². The van der Waals surface area contributed by atoms with Crippen LogP contribution in [0.25, 0.3) is 0 Å². The number of anilines is 1. The number of benzene rings is 2. The molecule has 0 amide bonds. The van der Waals surface area contributed by atoms with Gasteiger partial charge in [0.15, 0.2) is 0 Å². The zero-order valence-electron chi connectivity index (χ0n) is 11.2. The van der Waals surface area contributed by atoms with Crippen molar-refractivity contribution in [3.8, 4) is 0 Å². The minimum absolute atomic E-state index is 0.00459. The van der Waals surface area contributed by atoms with Gasteiger partial charge in [-0.25, -0.2) is 12.8 Å². The molecule has 0 aliphatic heterocycles. The molecular weight excluding hydrogens is 315 g/mol. The summed E-state index contributed by atoms with van der Waals surface area (Å²) in [6.07, 6.45) is 0. The molecule has 0 aliphatic carbocycles. The van der Waals surface area contributed by atoms with Crippen molar-refractivity contribution in [2.45, 2.75) is 11.4 Å². The smallest absolute Gasteiger partial charge is 0.261 e. The fourth-order valence-corrected chi connectivity index (χ4v) is 3.22. The van der Waals surface area contributed by atoms with E-state index in [-0.39, 0.29) is 15.6 Å². The minimum Gasteiger partial charge on any atom is -0.316 e. The van der Waals surface area contributed by atoms with Crippen LogP contribution < -0.4 is 10.0 Å². The van der Waals surface area contributed by atoms with Gasteiger partial charge in [0.05, 0.1) is 15.6 Å². The van der Waals surface area contributed by atoms with Crippen LogP contribution in [0.15, 0.2) is 47.4 Å². The first kappa shape index (κ1) is 15.8. The Morgan fingerprint density at radius 3 is 2.62 bits per heavy atom. The van der Waals surface area contributed by atoms with Crippen LogP contribution in [0.2, 0.25) is 5.02 Å². The van der Waals surface area contributed by atoms with Crippen molar-refractivity contribution < 1.29 is 12.8 Å². The largest absolute Gasteiger partial charge is 0.316 e. The molecule has 4 nitrogen and oxygen atoms in total. The molecule has 2 aromatic rings. The highest BCUT2D eigenvalue weighted by atomic mass is 35.5. The maximum Gasteiger partial charge on any atom is 0.261 e. The predicted octanol–water partition coefficient (Wildman–Crippen LogP) is 3.00. The Bertz CT molecular complexity index is 750. The molecule has 0 aromatic heterocycles. The van der Waals surface area contributed by atoms with E-state index in [1.54, 1.807) is 19.2 Å². The molecule has 21 heavy (non-hydrogen) atoms. The number of nitrogens with one attached hydrogen (secondary N) is 2. The van der Waals surface area contributed by atoms with Crippen molar-refractivity contribution in [3.63, 3.8) is 0 Å². The molecule has 0 unspecified atom stereocenters. The summed E-state index contributed by atoms with van der Waals surface area (Å²) in [7, 11) is -2.00. The molecule has 0 spiro atoms. The maximum atomic E-state index is 13.0. The third-order valence-corrected chi connectivity index (χ3v) is 4.44. The lowest BCUT2D eigenvalue weighted by atomic mass is 10.2. The minimum atomic E-state index is -3.77. The summed E-state index contributed by atoms with van der Waals surface area (Å²) in [4.78, 5) is 0.121. The SMILES string of the molecule is CNCc1cccc(S(=O)(=O)Nc2ccc(F)cc2Cl)c1. The van der Waals surface area contributed by atoms with Crippen molar-refractivity contribution in [3.05, 3.63) is 58.9 Å². The normalized spacial score (nSPS) is 11.4. The maximum absolute atomic E-state index is 13.0. The Kier molecular flexibility index (Phi) is 4.82.